The highest BCUT2D eigenvalue weighted by Crippen LogP contribution is 2.23. The lowest BCUT2D eigenvalue weighted by atomic mass is 10.1. The fourth-order valence-corrected chi connectivity index (χ4v) is 1.93. The zero-order valence-corrected chi connectivity index (χ0v) is 12.0. The Bertz CT molecular complexity index is 552. The number of benzene rings is 1. The number of imide groups is 1. The minimum absolute atomic E-state index is 0.0330. The lowest BCUT2D eigenvalue weighted by Crippen LogP contribution is -2.37. The molecule has 0 atom stereocenters. The van der Waals surface area contributed by atoms with E-state index < -0.39 is 23.6 Å². The quantitative estimate of drug-likeness (QED) is 0.774. The van der Waals surface area contributed by atoms with E-state index in [0.717, 1.165) is 10.5 Å². The van der Waals surface area contributed by atoms with E-state index in [0.29, 0.717) is 0 Å². The zero-order valence-electron chi connectivity index (χ0n) is 12.0. The van der Waals surface area contributed by atoms with Gasteiger partial charge in [-0.25, -0.2) is 9.69 Å². The Balaban J connectivity index is 1.79. The molecule has 0 aromatic heterocycles. The minimum Gasteiger partial charge on any atom is -0.461 e. The minimum atomic E-state index is -1.16. The van der Waals surface area contributed by atoms with Crippen molar-refractivity contribution >= 4 is 18.0 Å². The van der Waals surface area contributed by atoms with Gasteiger partial charge in [0.05, 0.1) is 6.42 Å². The first-order valence-corrected chi connectivity index (χ1v) is 6.64. The first-order valence-electron chi connectivity index (χ1n) is 6.64. The number of hydrogen-bond donors (Lipinski definition) is 0. The molecule has 2 rings (SSSR count). The number of nitrogens with zero attached hydrogens (tertiary/aromatic N) is 1. The molecule has 1 saturated heterocycles. The smallest absolute Gasteiger partial charge is 0.417 e. The van der Waals surface area contributed by atoms with Gasteiger partial charge in [-0.05, 0) is 19.4 Å². The molecule has 0 spiro atoms. The van der Waals surface area contributed by atoms with Crippen LogP contribution < -0.4 is 0 Å². The third kappa shape index (κ3) is 3.59. The van der Waals surface area contributed by atoms with Crippen LogP contribution in [0.5, 0.6) is 0 Å². The molecule has 1 aliphatic heterocycles. The van der Waals surface area contributed by atoms with Gasteiger partial charge in [0.2, 0.25) is 0 Å². The van der Waals surface area contributed by atoms with Crippen LogP contribution in [0.2, 0.25) is 0 Å². The van der Waals surface area contributed by atoms with Gasteiger partial charge >= 0.3 is 12.1 Å². The predicted molar refractivity (Wildman–Crippen MR) is 73.1 cm³/mol. The number of rotatable bonds is 5. The van der Waals surface area contributed by atoms with E-state index in [2.05, 4.69) is 0 Å². The lowest BCUT2D eigenvalue weighted by molar-refractivity contribution is -0.145. The molecule has 1 aliphatic rings. The van der Waals surface area contributed by atoms with Gasteiger partial charge in [-0.2, -0.15) is 0 Å². The van der Waals surface area contributed by atoms with Crippen molar-refractivity contribution in [2.45, 2.75) is 32.5 Å². The van der Waals surface area contributed by atoms with Crippen molar-refractivity contribution in [2.75, 3.05) is 6.54 Å². The van der Waals surface area contributed by atoms with Gasteiger partial charge in [-0.1, -0.05) is 30.3 Å². The van der Waals surface area contributed by atoms with Crippen LogP contribution in [0.4, 0.5) is 4.79 Å². The van der Waals surface area contributed by atoms with Gasteiger partial charge in [0.15, 0.2) is 5.60 Å². The maximum absolute atomic E-state index is 11.9. The van der Waals surface area contributed by atoms with Gasteiger partial charge in [-0.15, -0.1) is 0 Å². The summed E-state index contributed by atoms with van der Waals surface area (Å²) in [5, 5.41) is 0. The summed E-state index contributed by atoms with van der Waals surface area (Å²) in [6, 6.07) is 9.26. The van der Waals surface area contributed by atoms with Gasteiger partial charge < -0.3 is 9.47 Å². The second-order valence-electron chi connectivity index (χ2n) is 5.23. The summed E-state index contributed by atoms with van der Waals surface area (Å²) < 4.78 is 10.0. The topological polar surface area (TPSA) is 72.9 Å². The number of cyclic esters (lactones) is 1. The third-order valence-electron chi connectivity index (χ3n) is 3.11. The SMILES string of the molecule is CC1(C)OC(=O)N(CCC(=O)OCc2ccccc2)C1=O. The van der Waals surface area contributed by atoms with Crippen molar-refractivity contribution in [1.29, 1.82) is 0 Å². The molecule has 1 fully saturated rings. The molecule has 0 N–H and O–H groups in total. The van der Waals surface area contributed by atoms with E-state index in [4.69, 9.17) is 9.47 Å². The maximum atomic E-state index is 11.9. The molecule has 2 amide bonds. The summed E-state index contributed by atoms with van der Waals surface area (Å²) in [4.78, 5) is 36.0. The summed E-state index contributed by atoms with van der Waals surface area (Å²) >= 11 is 0. The Labute approximate surface area is 122 Å². The molecule has 0 unspecified atom stereocenters. The molecule has 112 valence electrons. The van der Waals surface area contributed by atoms with Crippen LogP contribution in [0.25, 0.3) is 0 Å². The highest BCUT2D eigenvalue weighted by Gasteiger charge is 2.46. The molecule has 0 aliphatic carbocycles. The normalized spacial score (nSPS) is 16.8. The van der Waals surface area contributed by atoms with Crippen LogP contribution in [0.1, 0.15) is 25.8 Å². The van der Waals surface area contributed by atoms with Crippen LogP contribution in [0, 0.1) is 0 Å². The summed E-state index contributed by atoms with van der Waals surface area (Å²) in [5.41, 5.74) is -0.283. The zero-order chi connectivity index (χ0) is 15.5. The van der Waals surface area contributed by atoms with Crippen LogP contribution in [-0.4, -0.2) is 35.0 Å². The van der Waals surface area contributed by atoms with Crippen LogP contribution in [0.15, 0.2) is 30.3 Å². The second-order valence-corrected chi connectivity index (χ2v) is 5.23. The van der Waals surface area contributed by atoms with Gasteiger partial charge in [0, 0.05) is 6.54 Å². The third-order valence-corrected chi connectivity index (χ3v) is 3.11. The molecule has 1 aromatic carbocycles. The van der Waals surface area contributed by atoms with Crippen molar-refractivity contribution in [3.05, 3.63) is 35.9 Å². The van der Waals surface area contributed by atoms with Crippen molar-refractivity contribution in [3.8, 4) is 0 Å². The molecule has 0 radical (unpaired) electrons. The monoisotopic (exact) mass is 291 g/mol. The largest absolute Gasteiger partial charge is 0.461 e. The first-order chi connectivity index (χ1) is 9.90. The molecular formula is C15H17NO5. The number of carbonyl (C=O) groups is 3. The first kappa shape index (κ1) is 15.0. The highest BCUT2D eigenvalue weighted by molar-refractivity contribution is 6.02. The van der Waals surface area contributed by atoms with E-state index in [9.17, 15) is 14.4 Å². The van der Waals surface area contributed by atoms with Gasteiger partial charge in [-0.3, -0.25) is 9.59 Å². The van der Waals surface area contributed by atoms with E-state index in [1.54, 1.807) is 0 Å². The maximum Gasteiger partial charge on any atom is 0.417 e. The van der Waals surface area contributed by atoms with Crippen LogP contribution in [0.3, 0.4) is 0 Å². The van der Waals surface area contributed by atoms with E-state index in [-0.39, 0.29) is 19.6 Å². The Hall–Kier alpha value is -2.37. The number of amides is 2. The van der Waals surface area contributed by atoms with Crippen molar-refractivity contribution < 1.29 is 23.9 Å². The second kappa shape index (κ2) is 5.95. The van der Waals surface area contributed by atoms with Gasteiger partial charge in [0.25, 0.3) is 5.91 Å². The Morgan fingerprint density at radius 2 is 1.90 bits per heavy atom. The van der Waals surface area contributed by atoms with E-state index >= 15 is 0 Å². The Morgan fingerprint density at radius 1 is 1.24 bits per heavy atom. The average Bonchev–Trinajstić information content (AvgIpc) is 2.64. The molecular weight excluding hydrogens is 274 g/mol. The van der Waals surface area contributed by atoms with E-state index in [1.807, 2.05) is 30.3 Å². The fraction of sp³-hybridized carbons (Fsp3) is 0.400. The van der Waals surface area contributed by atoms with Crippen molar-refractivity contribution in [3.63, 3.8) is 0 Å². The molecule has 0 bridgehead atoms. The standard InChI is InChI=1S/C15H17NO5/c1-15(2)13(18)16(14(19)21-15)9-8-12(17)20-10-11-6-4-3-5-7-11/h3-7H,8-10H2,1-2H3. The highest BCUT2D eigenvalue weighted by atomic mass is 16.6. The van der Waals surface area contributed by atoms with Gasteiger partial charge in [0.1, 0.15) is 6.61 Å². The molecule has 21 heavy (non-hydrogen) atoms. The van der Waals surface area contributed by atoms with Crippen molar-refractivity contribution in [2.24, 2.45) is 0 Å². The summed E-state index contributed by atoms with van der Waals surface area (Å²) in [6.07, 6.45) is -0.773. The summed E-state index contributed by atoms with van der Waals surface area (Å²) in [6.45, 7) is 3.17. The molecule has 0 saturated carbocycles. The lowest BCUT2D eigenvalue weighted by Gasteiger charge is -2.13. The molecule has 6 nitrogen and oxygen atoms in total. The predicted octanol–water partition coefficient (Wildman–Crippen LogP) is 1.88. The van der Waals surface area contributed by atoms with E-state index in [1.165, 1.54) is 13.8 Å². The Morgan fingerprint density at radius 3 is 2.48 bits per heavy atom. The van der Waals surface area contributed by atoms with Crippen molar-refractivity contribution in [1.82, 2.24) is 4.90 Å². The average molecular weight is 291 g/mol. The molecule has 6 heteroatoms. The number of hydrogen-bond acceptors (Lipinski definition) is 5. The Kier molecular flexibility index (Phi) is 4.26. The van der Waals surface area contributed by atoms with Crippen LogP contribution >= 0.6 is 0 Å². The summed E-state index contributed by atoms with van der Waals surface area (Å²) in [5.74, 6) is -0.910. The molecule has 1 heterocycles. The molecule has 1 aromatic rings. The summed E-state index contributed by atoms with van der Waals surface area (Å²) in [7, 11) is 0. The fourth-order valence-electron chi connectivity index (χ4n) is 1.93. The number of ether oxygens (including phenoxy) is 2. The number of esters is 1. The van der Waals surface area contributed by atoms with Crippen LogP contribution in [-0.2, 0) is 25.7 Å². The number of carbonyl (C=O) groups excluding carboxylic acids is 3.